The number of nitrogens with zero attached hydrogens (tertiary/aromatic N) is 1. The van der Waals surface area contributed by atoms with Crippen LogP contribution in [0.15, 0.2) is 22.7 Å². The van der Waals surface area contributed by atoms with Gasteiger partial charge in [0.15, 0.2) is 0 Å². The number of hydrogen-bond donors (Lipinski definition) is 1. The normalized spacial score (nSPS) is 10.6. The molecule has 118 valence electrons. The van der Waals surface area contributed by atoms with Crippen LogP contribution < -0.4 is 10.6 Å². The number of benzene rings is 1. The molecule has 21 heavy (non-hydrogen) atoms. The highest BCUT2D eigenvalue weighted by atomic mass is 79.9. The summed E-state index contributed by atoms with van der Waals surface area (Å²) in [6.45, 7) is 8.47. The lowest BCUT2D eigenvalue weighted by Crippen LogP contribution is -2.31. The first kappa shape index (κ1) is 18.4. The molecular weight excluding hydrogens is 352 g/mol. The van der Waals surface area contributed by atoms with E-state index in [9.17, 15) is 0 Å². The van der Waals surface area contributed by atoms with E-state index >= 15 is 0 Å². The Kier molecular flexibility index (Phi) is 8.84. The predicted molar refractivity (Wildman–Crippen MR) is 95.2 cm³/mol. The van der Waals surface area contributed by atoms with Crippen LogP contribution in [0, 0.1) is 0 Å². The quantitative estimate of drug-likeness (QED) is 0.503. The Balaban J connectivity index is 2.80. The fraction of sp³-hybridized carbons (Fsp3) is 0.533. The van der Waals surface area contributed by atoms with Crippen LogP contribution in [0.1, 0.15) is 19.4 Å². The summed E-state index contributed by atoms with van der Waals surface area (Å²) in [5, 5.41) is 0. The number of anilines is 1. The minimum Gasteiger partial charge on any atom is -0.389 e. The van der Waals surface area contributed by atoms with E-state index in [1.54, 1.807) is 0 Å². The lowest BCUT2D eigenvalue weighted by molar-refractivity contribution is 0.141. The first-order valence-electron chi connectivity index (χ1n) is 7.09. The lowest BCUT2D eigenvalue weighted by Gasteiger charge is -2.25. The Morgan fingerprint density at radius 2 is 1.76 bits per heavy atom. The van der Waals surface area contributed by atoms with Gasteiger partial charge in [0.25, 0.3) is 0 Å². The van der Waals surface area contributed by atoms with Crippen molar-refractivity contribution in [1.82, 2.24) is 0 Å². The highest BCUT2D eigenvalue weighted by molar-refractivity contribution is 9.10. The maximum absolute atomic E-state index is 5.69. The molecule has 4 nitrogen and oxygen atoms in total. The average molecular weight is 375 g/mol. The van der Waals surface area contributed by atoms with Gasteiger partial charge >= 0.3 is 0 Å². The standard InChI is InChI=1S/C15H23BrN2O2S/c1-3-19-9-7-18(8-10-20-4-2)12-5-6-13(15(17)21)14(16)11-12/h5-6,11H,3-4,7-10H2,1-2H3,(H2,17,21). The van der Waals surface area contributed by atoms with E-state index in [0.717, 1.165) is 42.0 Å². The van der Waals surface area contributed by atoms with Crippen LogP contribution in [0.3, 0.4) is 0 Å². The minimum absolute atomic E-state index is 0.392. The summed E-state index contributed by atoms with van der Waals surface area (Å²) >= 11 is 8.55. The molecule has 2 N–H and O–H groups in total. The topological polar surface area (TPSA) is 47.7 Å². The second kappa shape index (κ2) is 10.1. The first-order chi connectivity index (χ1) is 10.1. The van der Waals surface area contributed by atoms with Crippen LogP contribution >= 0.6 is 28.1 Å². The van der Waals surface area contributed by atoms with Crippen LogP contribution in [-0.2, 0) is 9.47 Å². The van der Waals surface area contributed by atoms with Gasteiger partial charge in [-0.25, -0.2) is 0 Å². The van der Waals surface area contributed by atoms with Crippen LogP contribution in [0.25, 0.3) is 0 Å². The molecule has 0 saturated carbocycles. The summed E-state index contributed by atoms with van der Waals surface area (Å²) in [6, 6.07) is 6.00. The van der Waals surface area contributed by atoms with Crippen molar-refractivity contribution in [3.8, 4) is 0 Å². The summed E-state index contributed by atoms with van der Waals surface area (Å²) in [5.41, 5.74) is 7.63. The molecule has 0 aliphatic carbocycles. The molecule has 0 saturated heterocycles. The molecule has 0 aliphatic rings. The SMILES string of the molecule is CCOCCN(CCOCC)c1ccc(C(N)=S)c(Br)c1. The molecule has 1 aromatic rings. The van der Waals surface area contributed by atoms with Crippen molar-refractivity contribution in [2.75, 3.05) is 44.4 Å². The molecule has 0 fully saturated rings. The Hall–Kier alpha value is -0.690. The smallest absolute Gasteiger partial charge is 0.105 e. The molecule has 0 aromatic heterocycles. The second-order valence-corrected chi connectivity index (χ2v) is 5.70. The number of hydrogen-bond acceptors (Lipinski definition) is 4. The molecule has 0 spiro atoms. The van der Waals surface area contributed by atoms with Crippen molar-refractivity contribution >= 4 is 38.8 Å². The lowest BCUT2D eigenvalue weighted by atomic mass is 10.2. The summed E-state index contributed by atoms with van der Waals surface area (Å²) in [7, 11) is 0. The van der Waals surface area contributed by atoms with Crippen molar-refractivity contribution < 1.29 is 9.47 Å². The molecule has 0 aliphatic heterocycles. The van der Waals surface area contributed by atoms with Crippen molar-refractivity contribution in [3.05, 3.63) is 28.2 Å². The molecule has 1 rings (SSSR count). The molecule has 0 unspecified atom stereocenters. The summed E-state index contributed by atoms with van der Waals surface area (Å²) in [6.07, 6.45) is 0. The van der Waals surface area contributed by atoms with E-state index in [1.807, 2.05) is 32.0 Å². The zero-order valence-electron chi connectivity index (χ0n) is 12.6. The van der Waals surface area contributed by atoms with Gasteiger partial charge in [0.1, 0.15) is 4.99 Å². The monoisotopic (exact) mass is 374 g/mol. The van der Waals surface area contributed by atoms with E-state index in [4.69, 9.17) is 27.4 Å². The van der Waals surface area contributed by atoms with Gasteiger partial charge in [-0.3, -0.25) is 0 Å². The second-order valence-electron chi connectivity index (χ2n) is 4.41. The van der Waals surface area contributed by atoms with Crippen molar-refractivity contribution in [1.29, 1.82) is 0 Å². The fourth-order valence-electron chi connectivity index (χ4n) is 1.91. The molecule has 0 heterocycles. The van der Waals surface area contributed by atoms with Gasteiger partial charge in [0.2, 0.25) is 0 Å². The minimum atomic E-state index is 0.392. The zero-order valence-corrected chi connectivity index (χ0v) is 15.0. The number of nitrogens with two attached hydrogens (primary N) is 1. The van der Waals surface area contributed by atoms with Crippen LogP contribution in [0.4, 0.5) is 5.69 Å². The van der Waals surface area contributed by atoms with E-state index < -0.39 is 0 Å². The maximum atomic E-state index is 5.69. The van der Waals surface area contributed by atoms with Gasteiger partial charge in [-0.2, -0.15) is 0 Å². The van der Waals surface area contributed by atoms with Gasteiger partial charge < -0.3 is 20.1 Å². The van der Waals surface area contributed by atoms with E-state index in [2.05, 4.69) is 20.8 Å². The molecule has 0 bridgehead atoms. The van der Waals surface area contributed by atoms with E-state index in [-0.39, 0.29) is 0 Å². The molecule has 0 atom stereocenters. The fourth-order valence-corrected chi connectivity index (χ4v) is 2.80. The van der Waals surface area contributed by atoms with Gasteiger partial charge in [0.05, 0.1) is 13.2 Å². The maximum Gasteiger partial charge on any atom is 0.105 e. The molecule has 1 aromatic carbocycles. The van der Waals surface area contributed by atoms with Gasteiger partial charge in [-0.15, -0.1) is 0 Å². The predicted octanol–water partition coefficient (Wildman–Crippen LogP) is 2.96. The molecule has 6 heteroatoms. The number of ether oxygens (including phenoxy) is 2. The first-order valence-corrected chi connectivity index (χ1v) is 8.30. The third kappa shape index (κ3) is 6.30. The van der Waals surface area contributed by atoms with Crippen LogP contribution in [0.2, 0.25) is 0 Å². The summed E-state index contributed by atoms with van der Waals surface area (Å²) < 4.78 is 11.8. The van der Waals surface area contributed by atoms with Crippen molar-refractivity contribution in [2.24, 2.45) is 5.73 Å². The van der Waals surface area contributed by atoms with Gasteiger partial charge in [-0.05, 0) is 48.0 Å². The number of halogens is 1. The van der Waals surface area contributed by atoms with E-state index in [0.29, 0.717) is 18.2 Å². The summed E-state index contributed by atoms with van der Waals surface area (Å²) in [4.78, 5) is 2.63. The Morgan fingerprint density at radius 1 is 1.19 bits per heavy atom. The van der Waals surface area contributed by atoms with Gasteiger partial charge in [0, 0.05) is 42.0 Å². The van der Waals surface area contributed by atoms with Crippen molar-refractivity contribution in [3.63, 3.8) is 0 Å². The third-order valence-corrected chi connectivity index (χ3v) is 3.88. The Labute approximate surface area is 140 Å². The highest BCUT2D eigenvalue weighted by Crippen LogP contribution is 2.24. The Morgan fingerprint density at radius 3 is 2.19 bits per heavy atom. The highest BCUT2D eigenvalue weighted by Gasteiger charge is 2.10. The van der Waals surface area contributed by atoms with Gasteiger partial charge in [-0.1, -0.05) is 12.2 Å². The largest absolute Gasteiger partial charge is 0.389 e. The molecule has 0 amide bonds. The Bertz CT molecular complexity index is 447. The van der Waals surface area contributed by atoms with Crippen LogP contribution in [0.5, 0.6) is 0 Å². The van der Waals surface area contributed by atoms with Crippen LogP contribution in [-0.4, -0.2) is 44.5 Å². The van der Waals surface area contributed by atoms with Crippen molar-refractivity contribution in [2.45, 2.75) is 13.8 Å². The average Bonchev–Trinajstić information content (AvgIpc) is 2.45. The summed E-state index contributed by atoms with van der Waals surface area (Å²) in [5.74, 6) is 0. The van der Waals surface area contributed by atoms with E-state index in [1.165, 1.54) is 0 Å². The molecular formula is C15H23BrN2O2S. The number of rotatable bonds is 10. The number of thiocarbonyl (C=S) groups is 1. The third-order valence-electron chi connectivity index (χ3n) is 3.00. The zero-order chi connectivity index (χ0) is 15.7. The molecule has 0 radical (unpaired) electrons.